The molecule has 1 aromatic carbocycles. The second-order valence-corrected chi connectivity index (χ2v) is 8.38. The van der Waals surface area contributed by atoms with Gasteiger partial charge in [-0.05, 0) is 43.5 Å². The van der Waals surface area contributed by atoms with Gasteiger partial charge >= 0.3 is 0 Å². The normalized spacial score (nSPS) is 11.7. The largest absolute Gasteiger partial charge is 0.356 e. The second kappa shape index (κ2) is 9.10. The molecule has 0 saturated heterocycles. The summed E-state index contributed by atoms with van der Waals surface area (Å²) in [6.07, 6.45) is 5.15. The summed E-state index contributed by atoms with van der Waals surface area (Å²) >= 11 is 0. The molecule has 0 spiro atoms. The maximum Gasteiger partial charge on any atom is 0.240 e. The molecule has 8 nitrogen and oxygen atoms in total. The van der Waals surface area contributed by atoms with E-state index in [1.54, 1.807) is 10.7 Å². The molecule has 0 aliphatic carbocycles. The summed E-state index contributed by atoms with van der Waals surface area (Å²) < 4.78 is 41.3. The number of fused-ring (bicyclic) bond motifs is 1. The van der Waals surface area contributed by atoms with Gasteiger partial charge in [0, 0.05) is 38.0 Å². The van der Waals surface area contributed by atoms with Gasteiger partial charge in [-0.3, -0.25) is 4.79 Å². The number of hydrogen-bond donors (Lipinski definition) is 2. The van der Waals surface area contributed by atoms with Gasteiger partial charge in [0.05, 0.1) is 10.6 Å². The van der Waals surface area contributed by atoms with Gasteiger partial charge in [0.15, 0.2) is 5.65 Å². The number of aromatic nitrogens is 3. The van der Waals surface area contributed by atoms with E-state index in [0.29, 0.717) is 13.0 Å². The van der Waals surface area contributed by atoms with Crippen molar-refractivity contribution in [1.29, 1.82) is 0 Å². The number of aryl methyl sites for hydroxylation is 2. The van der Waals surface area contributed by atoms with Gasteiger partial charge in [0.1, 0.15) is 5.82 Å². The summed E-state index contributed by atoms with van der Waals surface area (Å²) in [6, 6.07) is 6.60. The minimum absolute atomic E-state index is 0.00533. The molecule has 2 heterocycles. The van der Waals surface area contributed by atoms with E-state index in [1.807, 2.05) is 19.2 Å². The molecule has 0 atom stereocenters. The number of nitrogens with one attached hydrogen (secondary N) is 2. The minimum atomic E-state index is -3.84. The monoisotopic (exact) mass is 419 g/mol. The number of sulfonamides is 1. The molecule has 0 saturated carbocycles. The number of amides is 1. The third-order valence-electron chi connectivity index (χ3n) is 4.20. The second-order valence-electron chi connectivity index (χ2n) is 6.61. The van der Waals surface area contributed by atoms with E-state index in [9.17, 15) is 17.6 Å². The van der Waals surface area contributed by atoms with Crippen LogP contribution in [0.4, 0.5) is 4.39 Å². The standard InChI is InChI=1S/C19H22FN5O3S/c1-14-10-18-22-12-15(13-25(18)24-14)4-3-8-21-19(26)7-9-23-29(27,28)17-6-2-5-16(20)11-17/h2,5-6,10-13,23H,3-4,7-9H2,1H3,(H,21,26). The number of halogens is 1. The lowest BCUT2D eigenvalue weighted by molar-refractivity contribution is -0.120. The van der Waals surface area contributed by atoms with Crippen LogP contribution in [0.25, 0.3) is 5.65 Å². The SMILES string of the molecule is Cc1cc2ncc(CCCNC(=O)CCNS(=O)(=O)c3cccc(F)c3)cn2n1. The molecule has 3 aromatic rings. The average molecular weight is 419 g/mol. The Morgan fingerprint density at radius 1 is 1.24 bits per heavy atom. The van der Waals surface area contributed by atoms with Crippen molar-refractivity contribution in [2.24, 2.45) is 0 Å². The molecule has 2 aromatic heterocycles. The Morgan fingerprint density at radius 3 is 2.86 bits per heavy atom. The van der Waals surface area contributed by atoms with Crippen molar-refractivity contribution in [3.05, 3.63) is 59.8 Å². The molecule has 29 heavy (non-hydrogen) atoms. The van der Waals surface area contributed by atoms with E-state index >= 15 is 0 Å². The average Bonchev–Trinajstić information content (AvgIpc) is 3.04. The first kappa shape index (κ1) is 20.9. The summed E-state index contributed by atoms with van der Waals surface area (Å²) in [5.74, 6) is -0.897. The maximum atomic E-state index is 13.2. The molecule has 1 amide bonds. The molecule has 0 fully saturated rings. The summed E-state index contributed by atoms with van der Waals surface area (Å²) in [6.45, 7) is 2.30. The van der Waals surface area contributed by atoms with Crippen LogP contribution in [0.3, 0.4) is 0 Å². The van der Waals surface area contributed by atoms with Crippen LogP contribution in [0.5, 0.6) is 0 Å². The fourth-order valence-corrected chi connectivity index (χ4v) is 3.85. The maximum absolute atomic E-state index is 13.2. The predicted molar refractivity (Wildman–Crippen MR) is 105 cm³/mol. The third-order valence-corrected chi connectivity index (χ3v) is 5.66. The smallest absolute Gasteiger partial charge is 0.240 e. The molecule has 3 rings (SSSR count). The number of rotatable bonds is 9. The zero-order chi connectivity index (χ0) is 20.9. The number of carbonyl (C=O) groups excluding carboxylic acids is 1. The Labute approximate surface area is 168 Å². The predicted octanol–water partition coefficient (Wildman–Crippen LogP) is 1.59. The first-order valence-corrected chi connectivity index (χ1v) is 10.6. The highest BCUT2D eigenvalue weighted by Gasteiger charge is 2.14. The molecule has 2 N–H and O–H groups in total. The molecule has 0 unspecified atom stereocenters. The van der Waals surface area contributed by atoms with Crippen LogP contribution in [0.15, 0.2) is 47.6 Å². The summed E-state index contributed by atoms with van der Waals surface area (Å²) in [4.78, 5) is 16.0. The van der Waals surface area contributed by atoms with Crippen LogP contribution in [0.1, 0.15) is 24.1 Å². The molecule has 0 radical (unpaired) electrons. The van der Waals surface area contributed by atoms with Gasteiger partial charge in [-0.15, -0.1) is 0 Å². The summed E-state index contributed by atoms with van der Waals surface area (Å²) in [5, 5.41) is 7.07. The van der Waals surface area contributed by atoms with Crippen LogP contribution in [0, 0.1) is 12.7 Å². The highest BCUT2D eigenvalue weighted by atomic mass is 32.2. The van der Waals surface area contributed by atoms with Crippen LogP contribution >= 0.6 is 0 Å². The molecule has 0 aliphatic heterocycles. The van der Waals surface area contributed by atoms with Crippen molar-refractivity contribution in [3.8, 4) is 0 Å². The van der Waals surface area contributed by atoms with Gasteiger partial charge in [0.25, 0.3) is 0 Å². The van der Waals surface area contributed by atoms with Crippen LogP contribution in [-0.4, -0.2) is 42.0 Å². The van der Waals surface area contributed by atoms with Crippen molar-refractivity contribution in [2.45, 2.75) is 31.1 Å². The Bertz CT molecular complexity index is 1110. The van der Waals surface area contributed by atoms with Crippen molar-refractivity contribution in [1.82, 2.24) is 24.6 Å². The van der Waals surface area contributed by atoms with E-state index in [2.05, 4.69) is 20.1 Å². The lowest BCUT2D eigenvalue weighted by atomic mass is 10.2. The van der Waals surface area contributed by atoms with Crippen LogP contribution in [0.2, 0.25) is 0 Å². The molecular formula is C19H22FN5O3S. The van der Waals surface area contributed by atoms with Gasteiger partial charge < -0.3 is 5.32 Å². The Kier molecular flexibility index (Phi) is 6.55. The molecular weight excluding hydrogens is 397 g/mol. The van der Waals surface area contributed by atoms with Crippen LogP contribution in [-0.2, 0) is 21.2 Å². The van der Waals surface area contributed by atoms with E-state index in [4.69, 9.17) is 0 Å². The van der Waals surface area contributed by atoms with Gasteiger partial charge in [-0.2, -0.15) is 5.10 Å². The van der Waals surface area contributed by atoms with Gasteiger partial charge in [0.2, 0.25) is 15.9 Å². The topological polar surface area (TPSA) is 105 Å². The van der Waals surface area contributed by atoms with E-state index in [0.717, 1.165) is 35.5 Å². The lowest BCUT2D eigenvalue weighted by Gasteiger charge is -2.08. The molecule has 10 heteroatoms. The van der Waals surface area contributed by atoms with E-state index in [1.165, 1.54) is 12.1 Å². The minimum Gasteiger partial charge on any atom is -0.356 e. The van der Waals surface area contributed by atoms with Crippen molar-refractivity contribution < 1.29 is 17.6 Å². The lowest BCUT2D eigenvalue weighted by Crippen LogP contribution is -2.31. The highest BCUT2D eigenvalue weighted by molar-refractivity contribution is 7.89. The molecule has 0 bridgehead atoms. The quantitative estimate of drug-likeness (QED) is 0.513. The van der Waals surface area contributed by atoms with E-state index in [-0.39, 0.29) is 23.8 Å². The number of benzene rings is 1. The summed E-state index contributed by atoms with van der Waals surface area (Å²) in [5.41, 5.74) is 2.70. The Balaban J connectivity index is 1.37. The van der Waals surface area contributed by atoms with Crippen molar-refractivity contribution >= 4 is 21.6 Å². The van der Waals surface area contributed by atoms with E-state index < -0.39 is 15.8 Å². The summed E-state index contributed by atoms with van der Waals surface area (Å²) in [7, 11) is -3.84. The van der Waals surface area contributed by atoms with Crippen molar-refractivity contribution in [2.75, 3.05) is 13.1 Å². The zero-order valence-electron chi connectivity index (χ0n) is 15.9. The molecule has 0 aliphatic rings. The Hall–Kier alpha value is -2.85. The first-order valence-electron chi connectivity index (χ1n) is 9.16. The third kappa shape index (κ3) is 5.81. The van der Waals surface area contributed by atoms with Crippen molar-refractivity contribution in [3.63, 3.8) is 0 Å². The fraction of sp³-hybridized carbons (Fsp3) is 0.316. The Morgan fingerprint density at radius 2 is 2.07 bits per heavy atom. The number of carbonyl (C=O) groups is 1. The number of nitrogens with zero attached hydrogens (tertiary/aromatic N) is 3. The highest BCUT2D eigenvalue weighted by Crippen LogP contribution is 2.10. The number of hydrogen-bond acceptors (Lipinski definition) is 5. The van der Waals surface area contributed by atoms with Gasteiger partial charge in [-0.25, -0.2) is 27.0 Å². The first-order chi connectivity index (χ1) is 13.8. The fourth-order valence-electron chi connectivity index (χ4n) is 2.79. The molecule has 154 valence electrons. The zero-order valence-corrected chi connectivity index (χ0v) is 16.7. The van der Waals surface area contributed by atoms with Crippen LogP contribution < -0.4 is 10.0 Å². The van der Waals surface area contributed by atoms with Gasteiger partial charge in [-0.1, -0.05) is 6.07 Å².